The van der Waals surface area contributed by atoms with Gasteiger partial charge in [-0.05, 0) is 23.8 Å². The first-order valence-electron chi connectivity index (χ1n) is 7.87. The largest absolute Gasteiger partial charge is 0.477 e. The van der Waals surface area contributed by atoms with E-state index in [1.54, 1.807) is 0 Å². The van der Waals surface area contributed by atoms with Crippen LogP contribution in [0, 0.1) is 0 Å². The fourth-order valence-corrected chi connectivity index (χ4v) is 3.25. The van der Waals surface area contributed by atoms with Gasteiger partial charge in [-0.15, -0.1) is 0 Å². The Bertz CT molecular complexity index is 1110. The molecular weight excluding hydrogens is 348 g/mol. The number of nitrogens with one attached hydrogen (secondary N) is 2. The molecule has 2 aromatic heterocycles. The van der Waals surface area contributed by atoms with Crippen molar-refractivity contribution in [2.24, 2.45) is 0 Å². The number of aromatic carboxylic acids is 1. The number of carboxylic acids is 1. The maximum atomic E-state index is 11.0. The first-order valence-corrected chi connectivity index (χ1v) is 8.69. The highest BCUT2D eigenvalue weighted by atomic mass is 32.1. The molecule has 0 aliphatic carbocycles. The summed E-state index contributed by atoms with van der Waals surface area (Å²) >= 11 is 1.10. The van der Waals surface area contributed by atoms with E-state index in [1.165, 1.54) is 6.20 Å². The SMILES string of the molecule is O=C(O)c1cnc(Nc2ccccc2C=Cc2n[nH]c3ccccc23)s1. The second kappa shape index (κ2) is 6.81. The molecule has 128 valence electrons. The van der Waals surface area contributed by atoms with E-state index in [1.807, 2.05) is 60.7 Å². The number of fused-ring (bicyclic) bond motifs is 1. The Hall–Kier alpha value is -3.45. The average Bonchev–Trinajstić information content (AvgIpc) is 3.28. The summed E-state index contributed by atoms with van der Waals surface area (Å²) in [6, 6.07) is 15.7. The first kappa shape index (κ1) is 16.0. The summed E-state index contributed by atoms with van der Waals surface area (Å²) in [6.45, 7) is 0. The van der Waals surface area contributed by atoms with E-state index < -0.39 is 5.97 Å². The minimum Gasteiger partial charge on any atom is -0.477 e. The zero-order chi connectivity index (χ0) is 17.9. The summed E-state index contributed by atoms with van der Waals surface area (Å²) < 4.78 is 0. The average molecular weight is 362 g/mol. The molecule has 0 saturated carbocycles. The fraction of sp³-hybridized carbons (Fsp3) is 0. The maximum absolute atomic E-state index is 11.0. The number of thiazole rings is 1. The van der Waals surface area contributed by atoms with Crippen molar-refractivity contribution >= 4 is 51.2 Å². The van der Waals surface area contributed by atoms with Crippen molar-refractivity contribution in [3.63, 3.8) is 0 Å². The molecule has 2 heterocycles. The number of carbonyl (C=O) groups is 1. The Morgan fingerprint density at radius 3 is 2.77 bits per heavy atom. The van der Waals surface area contributed by atoms with E-state index in [9.17, 15) is 4.79 Å². The van der Waals surface area contributed by atoms with Gasteiger partial charge in [-0.3, -0.25) is 5.10 Å². The van der Waals surface area contributed by atoms with Crippen LogP contribution in [0.5, 0.6) is 0 Å². The number of anilines is 2. The Kier molecular flexibility index (Phi) is 4.20. The second-order valence-electron chi connectivity index (χ2n) is 5.53. The second-order valence-corrected chi connectivity index (χ2v) is 6.57. The van der Waals surface area contributed by atoms with Gasteiger partial charge in [0.1, 0.15) is 4.88 Å². The van der Waals surface area contributed by atoms with E-state index in [0.717, 1.165) is 39.2 Å². The molecule has 0 unspecified atom stereocenters. The highest BCUT2D eigenvalue weighted by molar-refractivity contribution is 7.17. The third-order valence-electron chi connectivity index (χ3n) is 3.84. The number of hydrogen-bond acceptors (Lipinski definition) is 5. The van der Waals surface area contributed by atoms with Crippen LogP contribution in [0.2, 0.25) is 0 Å². The van der Waals surface area contributed by atoms with Gasteiger partial charge >= 0.3 is 5.97 Å². The lowest BCUT2D eigenvalue weighted by Crippen LogP contribution is -1.92. The predicted molar refractivity (Wildman–Crippen MR) is 104 cm³/mol. The van der Waals surface area contributed by atoms with E-state index in [0.29, 0.717) is 5.13 Å². The van der Waals surface area contributed by atoms with Gasteiger partial charge in [0.2, 0.25) is 0 Å². The molecule has 0 saturated heterocycles. The summed E-state index contributed by atoms with van der Waals surface area (Å²) in [6.07, 6.45) is 5.27. The molecule has 0 amide bonds. The maximum Gasteiger partial charge on any atom is 0.347 e. The summed E-state index contributed by atoms with van der Waals surface area (Å²) in [5, 5.41) is 21.1. The molecule has 4 aromatic rings. The number of aromatic nitrogens is 3. The van der Waals surface area contributed by atoms with Gasteiger partial charge in [0.15, 0.2) is 5.13 Å². The lowest BCUT2D eigenvalue weighted by Gasteiger charge is -2.06. The lowest BCUT2D eigenvalue weighted by molar-refractivity contribution is 0.0702. The third kappa shape index (κ3) is 3.20. The zero-order valence-corrected chi connectivity index (χ0v) is 14.3. The topological polar surface area (TPSA) is 90.9 Å². The van der Waals surface area contributed by atoms with Crippen LogP contribution >= 0.6 is 11.3 Å². The number of hydrogen-bond donors (Lipinski definition) is 3. The fourth-order valence-electron chi connectivity index (χ4n) is 2.58. The van der Waals surface area contributed by atoms with Crippen molar-refractivity contribution in [1.82, 2.24) is 15.2 Å². The van der Waals surface area contributed by atoms with E-state index in [4.69, 9.17) is 5.11 Å². The first-order chi connectivity index (χ1) is 12.7. The van der Waals surface area contributed by atoms with Gasteiger partial charge in [0.25, 0.3) is 0 Å². The molecule has 0 spiro atoms. The van der Waals surface area contributed by atoms with Crippen LogP contribution in [0.25, 0.3) is 23.1 Å². The number of carboxylic acid groups (broad SMARTS) is 1. The van der Waals surface area contributed by atoms with Crippen molar-refractivity contribution < 1.29 is 9.90 Å². The number of rotatable bonds is 5. The van der Waals surface area contributed by atoms with Crippen molar-refractivity contribution in [3.05, 3.63) is 70.9 Å². The summed E-state index contributed by atoms with van der Waals surface area (Å²) in [5.74, 6) is -0.978. The lowest BCUT2D eigenvalue weighted by atomic mass is 10.1. The number of para-hydroxylation sites is 2. The number of H-pyrrole nitrogens is 1. The van der Waals surface area contributed by atoms with Crippen LogP contribution in [0.1, 0.15) is 20.9 Å². The van der Waals surface area contributed by atoms with Gasteiger partial charge in [0.05, 0.1) is 17.4 Å². The molecule has 7 heteroatoms. The van der Waals surface area contributed by atoms with Crippen LogP contribution in [0.3, 0.4) is 0 Å². The Labute approximate surface area is 152 Å². The predicted octanol–water partition coefficient (Wildman–Crippen LogP) is 4.63. The molecule has 0 fully saturated rings. The molecule has 3 N–H and O–H groups in total. The minimum absolute atomic E-state index is 0.198. The number of benzene rings is 2. The van der Waals surface area contributed by atoms with Gasteiger partial charge in [0, 0.05) is 11.1 Å². The van der Waals surface area contributed by atoms with Crippen LogP contribution in [-0.4, -0.2) is 26.3 Å². The molecule has 0 atom stereocenters. The van der Waals surface area contributed by atoms with Crippen molar-refractivity contribution in [3.8, 4) is 0 Å². The normalized spacial score (nSPS) is 11.2. The summed E-state index contributed by atoms with van der Waals surface area (Å²) in [5.41, 5.74) is 3.64. The van der Waals surface area contributed by atoms with E-state index >= 15 is 0 Å². The van der Waals surface area contributed by atoms with Crippen LogP contribution in [-0.2, 0) is 0 Å². The van der Waals surface area contributed by atoms with Gasteiger partial charge in [-0.25, -0.2) is 9.78 Å². The van der Waals surface area contributed by atoms with Crippen LogP contribution in [0.15, 0.2) is 54.7 Å². The van der Waals surface area contributed by atoms with Crippen molar-refractivity contribution in [2.75, 3.05) is 5.32 Å². The highest BCUT2D eigenvalue weighted by Crippen LogP contribution is 2.26. The van der Waals surface area contributed by atoms with Crippen molar-refractivity contribution in [1.29, 1.82) is 0 Å². The molecule has 0 radical (unpaired) electrons. The molecule has 0 aliphatic rings. The minimum atomic E-state index is -0.978. The highest BCUT2D eigenvalue weighted by Gasteiger charge is 2.09. The molecule has 0 bridgehead atoms. The molecule has 2 aromatic carbocycles. The molecule has 6 nitrogen and oxygen atoms in total. The molecular formula is C19H14N4O2S. The van der Waals surface area contributed by atoms with Crippen LogP contribution < -0.4 is 5.32 Å². The molecule has 0 aliphatic heterocycles. The summed E-state index contributed by atoms with van der Waals surface area (Å²) in [7, 11) is 0. The standard InChI is InChI=1S/C19H14N4O2S/c24-18(25)17-11-20-19(26-17)21-14-7-3-1-5-12(14)9-10-16-13-6-2-4-8-15(13)22-23-16/h1-11H,(H,20,21)(H,22,23)(H,24,25). The van der Waals surface area contributed by atoms with Gasteiger partial charge in [-0.1, -0.05) is 53.8 Å². The van der Waals surface area contributed by atoms with Crippen LogP contribution in [0.4, 0.5) is 10.8 Å². The Morgan fingerprint density at radius 1 is 1.12 bits per heavy atom. The van der Waals surface area contributed by atoms with E-state index in [2.05, 4.69) is 20.5 Å². The Morgan fingerprint density at radius 2 is 1.92 bits per heavy atom. The third-order valence-corrected chi connectivity index (χ3v) is 4.74. The van der Waals surface area contributed by atoms with Gasteiger partial charge in [-0.2, -0.15) is 5.10 Å². The molecule has 26 heavy (non-hydrogen) atoms. The van der Waals surface area contributed by atoms with Crippen molar-refractivity contribution in [2.45, 2.75) is 0 Å². The smallest absolute Gasteiger partial charge is 0.347 e. The summed E-state index contributed by atoms with van der Waals surface area (Å²) in [4.78, 5) is 15.3. The van der Waals surface area contributed by atoms with Gasteiger partial charge < -0.3 is 10.4 Å². The monoisotopic (exact) mass is 362 g/mol. The number of nitrogens with zero attached hydrogens (tertiary/aromatic N) is 2. The quantitative estimate of drug-likeness (QED) is 0.481. The molecule has 4 rings (SSSR count). The van der Waals surface area contributed by atoms with E-state index in [-0.39, 0.29) is 4.88 Å². The Balaban J connectivity index is 1.62. The zero-order valence-electron chi connectivity index (χ0n) is 13.5. The number of aromatic amines is 1.